The van der Waals surface area contributed by atoms with E-state index < -0.39 is 5.97 Å². The first kappa shape index (κ1) is 33.9. The Balaban J connectivity index is 0.000000153. The number of aromatic amines is 3. The van der Waals surface area contributed by atoms with Crippen LogP contribution in [0.5, 0.6) is 11.5 Å². The Morgan fingerprint density at radius 3 is 1.94 bits per heavy atom. The number of anilines is 2. The Bertz CT molecular complexity index is 2070. The number of hydrogen-bond donors (Lipinski definition) is 6. The number of benzene rings is 2. The number of nitrogens with two attached hydrogens (primary N) is 2. The van der Waals surface area contributed by atoms with Gasteiger partial charge in [-0.25, -0.2) is 4.79 Å². The number of hydrogen-bond acceptors (Lipinski definition) is 8. The zero-order valence-corrected chi connectivity index (χ0v) is 27.6. The maximum atomic E-state index is 13.0. The molecule has 0 aliphatic heterocycles. The first-order chi connectivity index (χ1) is 22.8. The fraction of sp³-hybridized carbons (Fsp3) is 0.294. The summed E-state index contributed by atoms with van der Waals surface area (Å²) in [5, 5.41) is 21.7. The van der Waals surface area contributed by atoms with Crippen molar-refractivity contribution in [3.63, 3.8) is 0 Å². The number of methoxy groups -OCH3 is 2. The number of aryl methyl sites for hydroxylation is 2. The van der Waals surface area contributed by atoms with Crippen LogP contribution in [0.3, 0.4) is 0 Å². The van der Waals surface area contributed by atoms with Crippen LogP contribution in [0.1, 0.15) is 68.9 Å². The largest absolute Gasteiger partial charge is 0.495 e. The quantitative estimate of drug-likeness (QED) is 0.136. The van der Waals surface area contributed by atoms with Crippen molar-refractivity contribution in [2.24, 2.45) is 0 Å². The highest BCUT2D eigenvalue weighted by Gasteiger charge is 2.24. The number of carboxylic acid groups (broad SMARTS) is 1. The van der Waals surface area contributed by atoms with Crippen LogP contribution in [0.25, 0.3) is 21.8 Å². The Kier molecular flexibility index (Phi) is 10.3. The van der Waals surface area contributed by atoms with Crippen molar-refractivity contribution >= 4 is 57.7 Å². The van der Waals surface area contributed by atoms with Gasteiger partial charge in [0.05, 0.1) is 42.1 Å². The maximum absolute atomic E-state index is 13.0. The zero-order chi connectivity index (χ0) is 33.1. The van der Waals surface area contributed by atoms with Crippen LogP contribution in [0.15, 0.2) is 48.8 Å². The highest BCUT2D eigenvalue weighted by molar-refractivity contribution is 6.09. The van der Waals surface area contributed by atoms with Crippen LogP contribution in [-0.4, -0.2) is 61.1 Å². The number of carbonyl (C=O) groups is 2. The maximum Gasteiger partial charge on any atom is 0.336 e. The zero-order valence-electron chi connectivity index (χ0n) is 26.8. The summed E-state index contributed by atoms with van der Waals surface area (Å²) in [6.07, 6.45) is 12.2. The number of nitrogens with zero attached hydrogens (tertiary/aromatic N) is 3. The summed E-state index contributed by atoms with van der Waals surface area (Å²) in [5.41, 5.74) is 18.7. The molecular weight excluding hydrogens is 636 g/mol. The summed E-state index contributed by atoms with van der Waals surface area (Å²) < 4.78 is 11.8. The smallest absolute Gasteiger partial charge is 0.336 e. The SMILES string of the molecule is COc1ccc(C(=O)O)c2cc[nH]c12.COc1ccc(C(=O)n2nc3c(c2N)CCCC3)c2cc[nH]c12.Cl.Nc1n[nH]c2c1CCCC2. The summed E-state index contributed by atoms with van der Waals surface area (Å²) in [6, 6.07) is 10.3. The Morgan fingerprint density at radius 2 is 1.35 bits per heavy atom. The summed E-state index contributed by atoms with van der Waals surface area (Å²) in [5.74, 6) is 1.39. The number of nitrogen functional groups attached to an aromatic ring is 2. The Hall–Kier alpha value is -5.43. The molecular formula is C34H39ClN8O5. The van der Waals surface area contributed by atoms with Crippen LogP contribution in [0.4, 0.5) is 11.6 Å². The Morgan fingerprint density at radius 1 is 0.792 bits per heavy atom. The van der Waals surface area contributed by atoms with Gasteiger partial charge in [0.25, 0.3) is 5.91 Å². The van der Waals surface area contributed by atoms with Crippen molar-refractivity contribution in [2.75, 3.05) is 25.7 Å². The average Bonchev–Trinajstić information content (AvgIpc) is 3.91. The van der Waals surface area contributed by atoms with Crippen molar-refractivity contribution in [3.05, 3.63) is 82.4 Å². The molecule has 2 aliphatic rings. The summed E-state index contributed by atoms with van der Waals surface area (Å²) in [7, 11) is 3.16. The highest BCUT2D eigenvalue weighted by atomic mass is 35.5. The lowest BCUT2D eigenvalue weighted by Crippen LogP contribution is -2.16. The number of rotatable bonds is 4. The molecule has 8 rings (SSSR count). The lowest BCUT2D eigenvalue weighted by Gasteiger charge is -2.09. The third-order valence-corrected chi connectivity index (χ3v) is 8.75. The van der Waals surface area contributed by atoms with Gasteiger partial charge in [0.1, 0.15) is 23.1 Å². The van der Waals surface area contributed by atoms with Gasteiger partial charge in [0.15, 0.2) is 0 Å². The third-order valence-electron chi connectivity index (χ3n) is 8.75. The minimum atomic E-state index is -0.933. The monoisotopic (exact) mass is 674 g/mol. The van der Waals surface area contributed by atoms with E-state index in [9.17, 15) is 9.59 Å². The van der Waals surface area contributed by atoms with Crippen LogP contribution in [0.2, 0.25) is 0 Å². The van der Waals surface area contributed by atoms with E-state index in [-0.39, 0.29) is 23.9 Å². The molecule has 0 radical (unpaired) electrons. The van der Waals surface area contributed by atoms with Gasteiger partial charge in [-0.2, -0.15) is 14.9 Å². The number of aromatic nitrogens is 6. The molecule has 0 spiro atoms. The standard InChI is InChI=1S/C17H18N4O2.C10H9NO3.C7H11N3.ClH/c1-23-14-7-6-11(10-8-9-19-15(10)14)17(22)21-16(18)12-4-2-3-5-13(12)20-21;1-14-8-3-2-7(10(12)13)6-4-5-11-9(6)8;8-7-5-3-1-2-4-6(5)9-10-7;/h6-9,19H,2-5,18H2,1H3;2-5,11H,1H3,(H,12,13);1-4H2,(H3,8,9,10);1H. The normalized spacial score (nSPS) is 13.2. The average molecular weight is 675 g/mol. The topological polar surface area (TPSA) is 203 Å². The molecule has 0 amide bonds. The van der Waals surface area contributed by atoms with Crippen molar-refractivity contribution in [3.8, 4) is 11.5 Å². The molecule has 2 aliphatic carbocycles. The molecule has 13 nitrogen and oxygen atoms in total. The first-order valence-electron chi connectivity index (χ1n) is 15.6. The predicted molar refractivity (Wildman–Crippen MR) is 187 cm³/mol. The molecule has 0 bridgehead atoms. The molecule has 8 N–H and O–H groups in total. The summed E-state index contributed by atoms with van der Waals surface area (Å²) in [6.45, 7) is 0. The van der Waals surface area contributed by atoms with Crippen LogP contribution >= 0.6 is 12.4 Å². The van der Waals surface area contributed by atoms with Crippen molar-refractivity contribution < 1.29 is 24.2 Å². The molecule has 4 aromatic heterocycles. The predicted octanol–water partition coefficient (Wildman–Crippen LogP) is 5.69. The number of carbonyl (C=O) groups excluding carboxylic acids is 1. The second-order valence-electron chi connectivity index (χ2n) is 11.5. The van der Waals surface area contributed by atoms with E-state index in [2.05, 4.69) is 25.3 Å². The van der Waals surface area contributed by atoms with Gasteiger partial charge in [0, 0.05) is 40.0 Å². The molecule has 6 aromatic rings. The molecule has 4 heterocycles. The van der Waals surface area contributed by atoms with Gasteiger partial charge >= 0.3 is 5.97 Å². The van der Waals surface area contributed by atoms with E-state index in [1.54, 1.807) is 50.9 Å². The van der Waals surface area contributed by atoms with E-state index in [0.29, 0.717) is 39.6 Å². The van der Waals surface area contributed by atoms with Gasteiger partial charge in [-0.15, -0.1) is 12.4 Å². The summed E-state index contributed by atoms with van der Waals surface area (Å²) >= 11 is 0. The van der Waals surface area contributed by atoms with Gasteiger partial charge in [-0.1, -0.05) is 0 Å². The van der Waals surface area contributed by atoms with E-state index in [4.69, 9.17) is 26.0 Å². The Labute approximate surface area is 282 Å². The highest BCUT2D eigenvalue weighted by Crippen LogP contribution is 2.31. The van der Waals surface area contributed by atoms with Crippen molar-refractivity contribution in [1.29, 1.82) is 0 Å². The summed E-state index contributed by atoms with van der Waals surface area (Å²) in [4.78, 5) is 29.9. The molecule has 2 aromatic carbocycles. The number of ether oxygens (including phenoxy) is 2. The van der Waals surface area contributed by atoms with E-state index in [0.717, 1.165) is 60.7 Å². The molecule has 0 atom stereocenters. The minimum absolute atomic E-state index is 0. The molecule has 14 heteroatoms. The molecule has 0 unspecified atom stereocenters. The van der Waals surface area contributed by atoms with Gasteiger partial charge < -0.3 is 36.0 Å². The second kappa shape index (κ2) is 14.6. The fourth-order valence-electron chi connectivity index (χ4n) is 6.33. The van der Waals surface area contributed by atoms with E-state index >= 15 is 0 Å². The number of carboxylic acids is 1. The first-order valence-corrected chi connectivity index (χ1v) is 15.6. The number of aromatic carboxylic acids is 1. The van der Waals surface area contributed by atoms with Crippen molar-refractivity contribution in [1.82, 2.24) is 29.9 Å². The van der Waals surface area contributed by atoms with Gasteiger partial charge in [0.2, 0.25) is 0 Å². The van der Waals surface area contributed by atoms with Crippen molar-refractivity contribution in [2.45, 2.75) is 51.4 Å². The number of fused-ring (bicyclic) bond motifs is 4. The van der Waals surface area contributed by atoms with Gasteiger partial charge in [-0.05, 0) is 87.8 Å². The van der Waals surface area contributed by atoms with Crippen LogP contribution in [0, 0.1) is 0 Å². The minimum Gasteiger partial charge on any atom is -0.495 e. The molecule has 0 saturated heterocycles. The lowest BCUT2D eigenvalue weighted by atomic mass is 9.98. The van der Waals surface area contributed by atoms with Gasteiger partial charge in [-0.3, -0.25) is 9.89 Å². The van der Waals surface area contributed by atoms with Crippen LogP contribution < -0.4 is 20.9 Å². The van der Waals surface area contributed by atoms with E-state index in [1.807, 2.05) is 6.07 Å². The molecule has 48 heavy (non-hydrogen) atoms. The number of halogens is 1. The van der Waals surface area contributed by atoms with E-state index in [1.165, 1.54) is 34.8 Å². The number of H-pyrrole nitrogens is 3. The van der Waals surface area contributed by atoms with Crippen LogP contribution in [-0.2, 0) is 25.7 Å². The molecule has 252 valence electrons. The second-order valence-corrected chi connectivity index (χ2v) is 11.5. The lowest BCUT2D eigenvalue weighted by molar-refractivity contribution is 0.0698. The third kappa shape index (κ3) is 6.41. The number of nitrogens with one attached hydrogen (secondary N) is 3. The fourth-order valence-corrected chi connectivity index (χ4v) is 6.33. The molecule has 0 fully saturated rings. The molecule has 0 saturated carbocycles.